The van der Waals surface area contributed by atoms with Crippen LogP contribution in [-0.2, 0) is 17.8 Å². The molecule has 1 heterocycles. The highest BCUT2D eigenvalue weighted by atomic mass is 35.5. The predicted octanol–water partition coefficient (Wildman–Crippen LogP) is 2.18. The van der Waals surface area contributed by atoms with Crippen LogP contribution in [0.2, 0.25) is 5.02 Å². The number of aromatic nitrogens is 1. The van der Waals surface area contributed by atoms with Gasteiger partial charge in [0.1, 0.15) is 0 Å². The summed E-state index contributed by atoms with van der Waals surface area (Å²) in [6.07, 6.45) is 2.55. The topological polar surface area (TPSA) is 54.0 Å². The van der Waals surface area contributed by atoms with E-state index in [0.29, 0.717) is 13.1 Å². The van der Waals surface area contributed by atoms with E-state index in [-0.39, 0.29) is 5.91 Å². The molecule has 0 aliphatic carbocycles. The smallest absolute Gasteiger partial charge is 0.234 e. The van der Waals surface area contributed by atoms with E-state index in [1.54, 1.807) is 6.20 Å². The van der Waals surface area contributed by atoms with Crippen molar-refractivity contribution < 1.29 is 4.79 Å². The third kappa shape index (κ3) is 5.94. The van der Waals surface area contributed by atoms with E-state index in [4.69, 9.17) is 11.6 Å². The van der Waals surface area contributed by atoms with Gasteiger partial charge in [0.2, 0.25) is 5.91 Å². The van der Waals surface area contributed by atoms with E-state index >= 15 is 0 Å². The summed E-state index contributed by atoms with van der Waals surface area (Å²) in [7, 11) is 0. The van der Waals surface area contributed by atoms with E-state index in [1.807, 2.05) is 42.5 Å². The molecule has 4 nitrogen and oxygen atoms in total. The van der Waals surface area contributed by atoms with Gasteiger partial charge in [-0.05, 0) is 42.8 Å². The molecule has 2 rings (SSSR count). The lowest BCUT2D eigenvalue weighted by molar-refractivity contribution is -0.120. The predicted molar refractivity (Wildman–Crippen MR) is 84.1 cm³/mol. The number of hydrogen-bond donors (Lipinski definition) is 2. The standard InChI is InChI=1S/C16H18ClN3O/c17-14-5-3-4-13(10-14)7-9-18-12-16(21)20-11-15-6-1-2-8-19-15/h1-6,8,10,18H,7,9,11-12H2,(H,20,21). The molecule has 0 radical (unpaired) electrons. The van der Waals surface area contributed by atoms with Crippen LogP contribution in [-0.4, -0.2) is 24.0 Å². The van der Waals surface area contributed by atoms with E-state index in [1.165, 1.54) is 0 Å². The quantitative estimate of drug-likeness (QED) is 0.771. The molecule has 1 amide bonds. The molecule has 0 saturated heterocycles. The van der Waals surface area contributed by atoms with Gasteiger partial charge in [-0.25, -0.2) is 0 Å². The van der Waals surface area contributed by atoms with Crippen molar-refractivity contribution in [3.63, 3.8) is 0 Å². The summed E-state index contributed by atoms with van der Waals surface area (Å²) in [6, 6.07) is 13.4. The second kappa shape index (κ2) is 8.39. The van der Waals surface area contributed by atoms with Crippen LogP contribution in [0, 0.1) is 0 Å². The normalized spacial score (nSPS) is 10.3. The first-order valence-corrected chi connectivity index (χ1v) is 7.23. The van der Waals surface area contributed by atoms with E-state index in [9.17, 15) is 4.79 Å². The molecule has 0 bridgehead atoms. The van der Waals surface area contributed by atoms with Crippen molar-refractivity contribution in [2.75, 3.05) is 13.1 Å². The second-order valence-electron chi connectivity index (χ2n) is 4.65. The van der Waals surface area contributed by atoms with Gasteiger partial charge in [0.05, 0.1) is 18.8 Å². The number of nitrogens with one attached hydrogen (secondary N) is 2. The van der Waals surface area contributed by atoms with Crippen LogP contribution in [0.4, 0.5) is 0 Å². The number of carbonyl (C=O) groups excluding carboxylic acids is 1. The lowest BCUT2D eigenvalue weighted by Gasteiger charge is -2.07. The Bertz CT molecular complexity index is 575. The number of amides is 1. The molecule has 1 aromatic heterocycles. The Balaban J connectivity index is 1.61. The van der Waals surface area contributed by atoms with Crippen molar-refractivity contribution >= 4 is 17.5 Å². The zero-order valence-corrected chi connectivity index (χ0v) is 12.4. The average Bonchev–Trinajstić information content (AvgIpc) is 2.51. The van der Waals surface area contributed by atoms with Crippen molar-refractivity contribution in [3.8, 4) is 0 Å². The van der Waals surface area contributed by atoms with Crippen molar-refractivity contribution in [1.29, 1.82) is 0 Å². The number of nitrogens with zero attached hydrogens (tertiary/aromatic N) is 1. The van der Waals surface area contributed by atoms with Gasteiger partial charge in [-0.1, -0.05) is 29.8 Å². The summed E-state index contributed by atoms with van der Waals surface area (Å²) in [5.41, 5.74) is 2.01. The van der Waals surface area contributed by atoms with Gasteiger partial charge in [0.15, 0.2) is 0 Å². The number of benzene rings is 1. The van der Waals surface area contributed by atoms with Gasteiger partial charge in [-0.3, -0.25) is 9.78 Å². The molecule has 0 aliphatic heterocycles. The lowest BCUT2D eigenvalue weighted by Crippen LogP contribution is -2.34. The monoisotopic (exact) mass is 303 g/mol. The van der Waals surface area contributed by atoms with Gasteiger partial charge in [-0.2, -0.15) is 0 Å². The summed E-state index contributed by atoms with van der Waals surface area (Å²) in [5.74, 6) is -0.0354. The minimum Gasteiger partial charge on any atom is -0.349 e. The van der Waals surface area contributed by atoms with E-state index < -0.39 is 0 Å². The molecule has 110 valence electrons. The van der Waals surface area contributed by atoms with Gasteiger partial charge in [0, 0.05) is 11.2 Å². The van der Waals surface area contributed by atoms with E-state index in [2.05, 4.69) is 15.6 Å². The largest absolute Gasteiger partial charge is 0.349 e. The second-order valence-corrected chi connectivity index (χ2v) is 5.09. The molecule has 0 unspecified atom stereocenters. The minimum absolute atomic E-state index is 0.0354. The number of halogens is 1. The molecule has 0 spiro atoms. The van der Waals surface area contributed by atoms with Crippen LogP contribution >= 0.6 is 11.6 Å². The maximum atomic E-state index is 11.7. The Labute approximate surface area is 129 Å². The van der Waals surface area contributed by atoms with Gasteiger partial charge in [0.25, 0.3) is 0 Å². The zero-order chi connectivity index (χ0) is 14.9. The first kappa shape index (κ1) is 15.5. The van der Waals surface area contributed by atoms with Crippen LogP contribution in [0.15, 0.2) is 48.7 Å². The molecule has 5 heteroatoms. The van der Waals surface area contributed by atoms with Gasteiger partial charge in [-0.15, -0.1) is 0 Å². The summed E-state index contributed by atoms with van der Waals surface area (Å²) < 4.78 is 0. The van der Waals surface area contributed by atoms with Crippen LogP contribution in [0.25, 0.3) is 0 Å². The number of hydrogen-bond acceptors (Lipinski definition) is 3. The van der Waals surface area contributed by atoms with Crippen LogP contribution in [0.1, 0.15) is 11.3 Å². The fourth-order valence-corrected chi connectivity index (χ4v) is 2.09. The van der Waals surface area contributed by atoms with Crippen LogP contribution in [0.3, 0.4) is 0 Å². The zero-order valence-electron chi connectivity index (χ0n) is 11.7. The molecule has 0 atom stereocenters. The molecular formula is C16H18ClN3O. The maximum absolute atomic E-state index is 11.7. The average molecular weight is 304 g/mol. The fourth-order valence-electron chi connectivity index (χ4n) is 1.88. The van der Waals surface area contributed by atoms with Crippen molar-refractivity contribution in [2.45, 2.75) is 13.0 Å². The van der Waals surface area contributed by atoms with Gasteiger partial charge >= 0.3 is 0 Å². The lowest BCUT2D eigenvalue weighted by atomic mass is 10.1. The number of pyridine rings is 1. The maximum Gasteiger partial charge on any atom is 0.234 e. The summed E-state index contributed by atoms with van der Waals surface area (Å²) in [6.45, 7) is 1.49. The Kier molecular flexibility index (Phi) is 6.19. The Morgan fingerprint density at radius 2 is 2.10 bits per heavy atom. The third-order valence-corrected chi connectivity index (χ3v) is 3.19. The van der Waals surface area contributed by atoms with Crippen molar-refractivity contribution in [1.82, 2.24) is 15.6 Å². The molecular weight excluding hydrogens is 286 g/mol. The highest BCUT2D eigenvalue weighted by Gasteiger charge is 2.01. The molecule has 0 saturated carbocycles. The van der Waals surface area contributed by atoms with Crippen molar-refractivity contribution in [3.05, 3.63) is 64.9 Å². The number of carbonyl (C=O) groups is 1. The molecule has 1 aromatic carbocycles. The summed E-state index contributed by atoms with van der Waals surface area (Å²) in [4.78, 5) is 15.8. The van der Waals surface area contributed by atoms with Crippen LogP contribution < -0.4 is 10.6 Å². The SMILES string of the molecule is O=C(CNCCc1cccc(Cl)c1)NCc1ccccn1. The fraction of sp³-hybridized carbons (Fsp3) is 0.250. The first-order valence-electron chi connectivity index (χ1n) is 6.86. The van der Waals surface area contributed by atoms with E-state index in [0.717, 1.165) is 29.2 Å². The van der Waals surface area contributed by atoms with Crippen LogP contribution in [0.5, 0.6) is 0 Å². The minimum atomic E-state index is -0.0354. The highest BCUT2D eigenvalue weighted by molar-refractivity contribution is 6.30. The number of rotatable bonds is 7. The Hall–Kier alpha value is -1.91. The van der Waals surface area contributed by atoms with Gasteiger partial charge < -0.3 is 10.6 Å². The third-order valence-electron chi connectivity index (χ3n) is 2.96. The van der Waals surface area contributed by atoms with Crippen molar-refractivity contribution in [2.24, 2.45) is 0 Å². The molecule has 0 aliphatic rings. The Morgan fingerprint density at radius 1 is 1.19 bits per heavy atom. The molecule has 2 N–H and O–H groups in total. The first-order chi connectivity index (χ1) is 10.2. The highest BCUT2D eigenvalue weighted by Crippen LogP contribution is 2.10. The molecule has 21 heavy (non-hydrogen) atoms. The summed E-state index contributed by atoms with van der Waals surface area (Å²) in [5, 5.41) is 6.67. The molecule has 2 aromatic rings. The Morgan fingerprint density at radius 3 is 2.86 bits per heavy atom. The molecule has 0 fully saturated rings. The summed E-state index contributed by atoms with van der Waals surface area (Å²) >= 11 is 5.92.